The van der Waals surface area contributed by atoms with E-state index in [0.717, 1.165) is 10.9 Å². The van der Waals surface area contributed by atoms with Gasteiger partial charge in [0.1, 0.15) is 12.4 Å². The standard InChI is InChI=1S/C24H20FN3O5/c1-3-24(31)14-6-18-21-12(8-28(18)22(29)13(14)9-33-23(24)30)20-16(27-32)5-4-11-10(2)15(25)7-17(26-21)19(11)20/h6-7,31-32H,3-5,8-9H2,1-2H3/b27-16+/t24-/m0/s1. The summed E-state index contributed by atoms with van der Waals surface area (Å²) in [6.45, 7) is 3.33. The molecule has 3 aliphatic rings. The highest BCUT2D eigenvalue weighted by Crippen LogP contribution is 2.43. The molecular weight excluding hydrogens is 429 g/mol. The Balaban J connectivity index is 1.72. The fourth-order valence-corrected chi connectivity index (χ4v) is 5.49. The first-order chi connectivity index (χ1) is 15.8. The van der Waals surface area contributed by atoms with E-state index in [2.05, 4.69) is 5.16 Å². The number of fused-ring (bicyclic) bond motifs is 5. The predicted octanol–water partition coefficient (Wildman–Crippen LogP) is 2.65. The summed E-state index contributed by atoms with van der Waals surface area (Å²) in [5, 5.41) is 25.0. The first-order valence-corrected chi connectivity index (χ1v) is 10.8. The minimum absolute atomic E-state index is 0.0418. The molecule has 2 aromatic heterocycles. The zero-order valence-electron chi connectivity index (χ0n) is 18.0. The molecule has 168 valence electrons. The van der Waals surface area contributed by atoms with Gasteiger partial charge in [0, 0.05) is 28.1 Å². The lowest BCUT2D eigenvalue weighted by Crippen LogP contribution is -2.44. The number of nitrogens with zero attached hydrogens (tertiary/aromatic N) is 3. The van der Waals surface area contributed by atoms with E-state index in [1.54, 1.807) is 19.9 Å². The number of rotatable bonds is 1. The lowest BCUT2D eigenvalue weighted by molar-refractivity contribution is -0.172. The SMILES string of the molecule is CC[C@@]1(O)C(=O)OCc2c1cc1n(c2=O)Cc2c-1nc1cc(F)c(C)c3c1c2/C(=N/O)CC3. The van der Waals surface area contributed by atoms with Crippen LogP contribution in [0, 0.1) is 12.7 Å². The molecule has 6 rings (SSSR count). The molecule has 2 N–H and O–H groups in total. The Labute approximate surface area is 186 Å². The first kappa shape index (κ1) is 20.0. The third-order valence-electron chi connectivity index (χ3n) is 7.32. The monoisotopic (exact) mass is 449 g/mol. The zero-order chi connectivity index (χ0) is 23.2. The summed E-state index contributed by atoms with van der Waals surface area (Å²) in [5.41, 5.74) is 2.62. The first-order valence-electron chi connectivity index (χ1n) is 10.8. The maximum Gasteiger partial charge on any atom is 0.343 e. The Morgan fingerprint density at radius 1 is 1.24 bits per heavy atom. The topological polar surface area (TPSA) is 114 Å². The van der Waals surface area contributed by atoms with Gasteiger partial charge in [0.05, 0.1) is 34.7 Å². The van der Waals surface area contributed by atoms with Gasteiger partial charge in [0.2, 0.25) is 0 Å². The van der Waals surface area contributed by atoms with Crippen LogP contribution in [-0.2, 0) is 34.7 Å². The Morgan fingerprint density at radius 3 is 2.76 bits per heavy atom. The minimum Gasteiger partial charge on any atom is -0.458 e. The summed E-state index contributed by atoms with van der Waals surface area (Å²) < 4.78 is 21.3. The van der Waals surface area contributed by atoms with Crippen LogP contribution in [0.1, 0.15) is 53.1 Å². The van der Waals surface area contributed by atoms with Crippen LogP contribution in [0.2, 0.25) is 0 Å². The fourth-order valence-electron chi connectivity index (χ4n) is 5.49. The zero-order valence-corrected chi connectivity index (χ0v) is 18.0. The quantitative estimate of drug-likeness (QED) is 0.262. The largest absolute Gasteiger partial charge is 0.458 e. The molecule has 1 aromatic carbocycles. The van der Waals surface area contributed by atoms with Crippen LogP contribution < -0.4 is 5.56 Å². The molecule has 0 saturated heterocycles. The van der Waals surface area contributed by atoms with Crippen LogP contribution in [0.3, 0.4) is 0 Å². The minimum atomic E-state index is -1.93. The van der Waals surface area contributed by atoms with Crippen LogP contribution in [0.4, 0.5) is 4.39 Å². The third kappa shape index (κ3) is 2.37. The molecule has 0 radical (unpaired) electrons. The number of aliphatic hydroxyl groups is 1. The molecule has 0 amide bonds. The van der Waals surface area contributed by atoms with Crippen molar-refractivity contribution in [1.29, 1.82) is 0 Å². The molecule has 0 fully saturated rings. The number of hydrogen-bond donors (Lipinski definition) is 2. The van der Waals surface area contributed by atoms with Gasteiger partial charge in [0.25, 0.3) is 5.56 Å². The number of pyridine rings is 2. The molecule has 4 heterocycles. The van der Waals surface area contributed by atoms with E-state index in [0.29, 0.717) is 52.1 Å². The van der Waals surface area contributed by atoms with Crippen molar-refractivity contribution in [2.45, 2.75) is 51.9 Å². The van der Waals surface area contributed by atoms with E-state index in [1.807, 2.05) is 0 Å². The van der Waals surface area contributed by atoms with Gasteiger partial charge < -0.3 is 19.6 Å². The molecule has 0 saturated carbocycles. The van der Waals surface area contributed by atoms with Gasteiger partial charge in [-0.1, -0.05) is 12.1 Å². The van der Waals surface area contributed by atoms with Crippen LogP contribution in [0.25, 0.3) is 22.3 Å². The number of cyclic esters (lactones) is 1. The van der Waals surface area contributed by atoms with Crippen molar-refractivity contribution in [3.05, 3.63) is 61.7 Å². The molecule has 1 atom stereocenters. The number of oxime groups is 1. The molecule has 9 heteroatoms. The van der Waals surface area contributed by atoms with Crippen LogP contribution >= 0.6 is 0 Å². The van der Waals surface area contributed by atoms with Gasteiger partial charge in [-0.3, -0.25) is 4.79 Å². The smallest absolute Gasteiger partial charge is 0.343 e. The summed E-state index contributed by atoms with van der Waals surface area (Å²) in [6, 6.07) is 2.97. The number of carbonyl (C=O) groups is 1. The number of esters is 1. The maximum atomic E-state index is 14.7. The Kier molecular flexibility index (Phi) is 3.93. The van der Waals surface area contributed by atoms with Gasteiger partial charge in [-0.05, 0) is 43.4 Å². The molecule has 0 bridgehead atoms. The number of aryl methyl sites for hydroxylation is 1. The highest BCUT2D eigenvalue weighted by Gasteiger charge is 2.45. The lowest BCUT2D eigenvalue weighted by atomic mass is 9.83. The molecule has 3 aromatic rings. The van der Waals surface area contributed by atoms with E-state index in [4.69, 9.17) is 9.72 Å². The van der Waals surface area contributed by atoms with Gasteiger partial charge >= 0.3 is 5.97 Å². The summed E-state index contributed by atoms with van der Waals surface area (Å²) in [5.74, 6) is -1.16. The molecule has 33 heavy (non-hydrogen) atoms. The van der Waals surface area contributed by atoms with Gasteiger partial charge in [0.15, 0.2) is 5.60 Å². The molecular formula is C24H20FN3O5. The van der Waals surface area contributed by atoms with Crippen LogP contribution in [0.15, 0.2) is 22.1 Å². The number of halogens is 1. The van der Waals surface area contributed by atoms with Crippen molar-refractivity contribution in [3.8, 4) is 11.4 Å². The van der Waals surface area contributed by atoms with E-state index >= 15 is 0 Å². The molecule has 0 unspecified atom stereocenters. The number of benzene rings is 1. The number of hydrogen-bond acceptors (Lipinski definition) is 7. The maximum absolute atomic E-state index is 14.7. The van der Waals surface area contributed by atoms with Gasteiger partial charge in [-0.2, -0.15) is 0 Å². The molecule has 0 spiro atoms. The van der Waals surface area contributed by atoms with E-state index < -0.39 is 11.6 Å². The van der Waals surface area contributed by atoms with Crippen molar-refractivity contribution < 1.29 is 24.2 Å². The van der Waals surface area contributed by atoms with Crippen molar-refractivity contribution >= 4 is 22.6 Å². The summed E-state index contributed by atoms with van der Waals surface area (Å²) >= 11 is 0. The van der Waals surface area contributed by atoms with Crippen molar-refractivity contribution in [3.63, 3.8) is 0 Å². The molecule has 1 aliphatic carbocycles. The second-order valence-corrected chi connectivity index (χ2v) is 8.82. The molecule has 2 aliphatic heterocycles. The molecule has 8 nitrogen and oxygen atoms in total. The summed E-state index contributed by atoms with van der Waals surface area (Å²) in [7, 11) is 0. The summed E-state index contributed by atoms with van der Waals surface area (Å²) in [4.78, 5) is 30.5. The number of ether oxygens (including phenoxy) is 1. The second-order valence-electron chi connectivity index (χ2n) is 8.82. The van der Waals surface area contributed by atoms with E-state index in [1.165, 1.54) is 10.6 Å². The van der Waals surface area contributed by atoms with E-state index in [9.17, 15) is 24.3 Å². The lowest BCUT2D eigenvalue weighted by Gasteiger charge is -2.31. The average molecular weight is 449 g/mol. The van der Waals surface area contributed by atoms with E-state index in [-0.39, 0.29) is 42.1 Å². The Hall–Kier alpha value is -3.59. The highest BCUT2D eigenvalue weighted by atomic mass is 19.1. The number of aromatic nitrogens is 2. The third-order valence-corrected chi connectivity index (χ3v) is 7.32. The second kappa shape index (κ2) is 6.48. The van der Waals surface area contributed by atoms with Crippen molar-refractivity contribution in [2.24, 2.45) is 5.16 Å². The fraction of sp³-hybridized carbons (Fsp3) is 0.333. The van der Waals surface area contributed by atoms with Crippen LogP contribution in [0.5, 0.6) is 0 Å². The van der Waals surface area contributed by atoms with Crippen molar-refractivity contribution in [1.82, 2.24) is 9.55 Å². The normalized spacial score (nSPS) is 21.7. The highest BCUT2D eigenvalue weighted by molar-refractivity contribution is 6.15. The predicted molar refractivity (Wildman–Crippen MR) is 116 cm³/mol. The van der Waals surface area contributed by atoms with Crippen molar-refractivity contribution in [2.75, 3.05) is 0 Å². The van der Waals surface area contributed by atoms with Gasteiger partial charge in [-0.25, -0.2) is 14.2 Å². The summed E-state index contributed by atoms with van der Waals surface area (Å²) in [6.07, 6.45) is 0.996. The Morgan fingerprint density at radius 2 is 2.03 bits per heavy atom. The number of carbonyl (C=O) groups excluding carboxylic acids is 1. The average Bonchev–Trinajstić information content (AvgIpc) is 3.18. The van der Waals surface area contributed by atoms with Crippen LogP contribution in [-0.4, -0.2) is 31.5 Å². The Bertz CT molecular complexity index is 1520. The van der Waals surface area contributed by atoms with Gasteiger partial charge in [-0.15, -0.1) is 0 Å².